The van der Waals surface area contributed by atoms with Gasteiger partial charge in [-0.15, -0.1) is 11.3 Å². The summed E-state index contributed by atoms with van der Waals surface area (Å²) in [5.74, 6) is 0.674. The van der Waals surface area contributed by atoms with Crippen molar-refractivity contribution >= 4 is 17.2 Å². The third kappa shape index (κ3) is 4.58. The van der Waals surface area contributed by atoms with E-state index >= 15 is 0 Å². The SMILES string of the molecule is COc1cccc(CO[C@@H](C)C(=O)N[C@H](C)c2cccs2)c1. The molecular weight excluding hydrogens is 298 g/mol. The van der Waals surface area contributed by atoms with Gasteiger partial charge in [-0.3, -0.25) is 4.79 Å². The van der Waals surface area contributed by atoms with E-state index < -0.39 is 6.10 Å². The third-order valence-corrected chi connectivity index (χ3v) is 4.39. The fourth-order valence-electron chi connectivity index (χ4n) is 2.00. The topological polar surface area (TPSA) is 47.6 Å². The van der Waals surface area contributed by atoms with Crippen molar-refractivity contribution in [3.8, 4) is 5.75 Å². The first-order chi connectivity index (χ1) is 10.6. The second kappa shape index (κ2) is 7.96. The number of amides is 1. The van der Waals surface area contributed by atoms with Crippen molar-refractivity contribution in [2.24, 2.45) is 0 Å². The van der Waals surface area contributed by atoms with Gasteiger partial charge in [0.1, 0.15) is 11.9 Å². The first-order valence-corrected chi connectivity index (χ1v) is 8.06. The Balaban J connectivity index is 1.83. The van der Waals surface area contributed by atoms with Crippen LogP contribution in [0.5, 0.6) is 5.75 Å². The number of benzene rings is 1. The lowest BCUT2D eigenvalue weighted by Gasteiger charge is -2.17. The molecule has 5 heteroatoms. The van der Waals surface area contributed by atoms with Crippen molar-refractivity contribution in [2.45, 2.75) is 32.6 Å². The molecule has 2 atom stereocenters. The van der Waals surface area contributed by atoms with Gasteiger partial charge in [-0.2, -0.15) is 0 Å². The van der Waals surface area contributed by atoms with Crippen LogP contribution in [-0.2, 0) is 16.1 Å². The minimum atomic E-state index is -0.506. The molecule has 0 aliphatic carbocycles. The van der Waals surface area contributed by atoms with Crippen LogP contribution in [0.1, 0.15) is 30.3 Å². The molecule has 0 aliphatic rings. The molecule has 4 nitrogen and oxygen atoms in total. The van der Waals surface area contributed by atoms with Crippen LogP contribution in [0, 0.1) is 0 Å². The molecule has 1 N–H and O–H groups in total. The van der Waals surface area contributed by atoms with Crippen LogP contribution in [0.3, 0.4) is 0 Å². The van der Waals surface area contributed by atoms with E-state index in [1.165, 1.54) is 0 Å². The Bertz CT molecular complexity index is 598. The molecular formula is C17H21NO3S. The number of rotatable bonds is 7. The first-order valence-electron chi connectivity index (χ1n) is 7.18. The predicted molar refractivity (Wildman–Crippen MR) is 88.1 cm³/mol. The highest BCUT2D eigenvalue weighted by Crippen LogP contribution is 2.18. The van der Waals surface area contributed by atoms with Crippen LogP contribution in [0.15, 0.2) is 41.8 Å². The molecule has 1 aromatic heterocycles. The van der Waals surface area contributed by atoms with Gasteiger partial charge in [0.15, 0.2) is 0 Å². The average molecular weight is 319 g/mol. The van der Waals surface area contributed by atoms with E-state index in [2.05, 4.69) is 5.32 Å². The number of methoxy groups -OCH3 is 1. The Kier molecular flexibility index (Phi) is 5.98. The monoisotopic (exact) mass is 319 g/mol. The number of hydrogen-bond donors (Lipinski definition) is 1. The number of hydrogen-bond acceptors (Lipinski definition) is 4. The number of carbonyl (C=O) groups excluding carboxylic acids is 1. The number of carbonyl (C=O) groups is 1. The summed E-state index contributed by atoms with van der Waals surface area (Å²) in [4.78, 5) is 13.3. The lowest BCUT2D eigenvalue weighted by atomic mass is 10.2. The number of ether oxygens (including phenoxy) is 2. The zero-order valence-corrected chi connectivity index (χ0v) is 13.9. The summed E-state index contributed by atoms with van der Waals surface area (Å²) in [6.45, 7) is 4.11. The van der Waals surface area contributed by atoms with Gasteiger partial charge < -0.3 is 14.8 Å². The van der Waals surface area contributed by atoms with E-state index in [1.54, 1.807) is 25.4 Å². The van der Waals surface area contributed by atoms with Crippen molar-refractivity contribution < 1.29 is 14.3 Å². The van der Waals surface area contributed by atoms with E-state index in [-0.39, 0.29) is 11.9 Å². The highest BCUT2D eigenvalue weighted by molar-refractivity contribution is 7.10. The lowest BCUT2D eigenvalue weighted by Crippen LogP contribution is -2.35. The number of thiophene rings is 1. The van der Waals surface area contributed by atoms with Crippen LogP contribution >= 0.6 is 11.3 Å². The molecule has 118 valence electrons. The molecule has 1 amide bonds. The molecule has 2 rings (SSSR count). The molecule has 0 aliphatic heterocycles. The maximum absolute atomic E-state index is 12.1. The summed E-state index contributed by atoms with van der Waals surface area (Å²) in [5, 5.41) is 4.96. The molecule has 0 radical (unpaired) electrons. The van der Waals surface area contributed by atoms with Crippen LogP contribution in [-0.4, -0.2) is 19.1 Å². The Hall–Kier alpha value is -1.85. The minimum absolute atomic E-state index is 0.00429. The van der Waals surface area contributed by atoms with Crippen molar-refractivity contribution in [1.29, 1.82) is 0 Å². The van der Waals surface area contributed by atoms with Crippen LogP contribution in [0.4, 0.5) is 0 Å². The zero-order valence-electron chi connectivity index (χ0n) is 13.0. The Morgan fingerprint density at radius 3 is 2.77 bits per heavy atom. The van der Waals surface area contributed by atoms with Gasteiger partial charge in [-0.05, 0) is 43.0 Å². The Morgan fingerprint density at radius 1 is 1.27 bits per heavy atom. The summed E-state index contributed by atoms with van der Waals surface area (Å²) in [5.41, 5.74) is 0.977. The molecule has 0 saturated carbocycles. The Morgan fingerprint density at radius 2 is 2.09 bits per heavy atom. The largest absolute Gasteiger partial charge is 0.497 e. The van der Waals surface area contributed by atoms with Crippen molar-refractivity contribution in [1.82, 2.24) is 5.32 Å². The molecule has 0 fully saturated rings. The highest BCUT2D eigenvalue weighted by Gasteiger charge is 2.17. The quantitative estimate of drug-likeness (QED) is 0.849. The van der Waals surface area contributed by atoms with Crippen LogP contribution < -0.4 is 10.1 Å². The highest BCUT2D eigenvalue weighted by atomic mass is 32.1. The van der Waals surface area contributed by atoms with Crippen molar-refractivity contribution in [3.63, 3.8) is 0 Å². The fraction of sp³-hybridized carbons (Fsp3) is 0.353. The molecule has 0 bridgehead atoms. The zero-order chi connectivity index (χ0) is 15.9. The maximum atomic E-state index is 12.1. The molecule has 22 heavy (non-hydrogen) atoms. The van der Waals surface area contributed by atoms with E-state index in [1.807, 2.05) is 48.7 Å². The van der Waals surface area contributed by atoms with E-state index in [0.29, 0.717) is 6.61 Å². The molecule has 0 unspecified atom stereocenters. The van der Waals surface area contributed by atoms with Gasteiger partial charge in [0, 0.05) is 4.88 Å². The summed E-state index contributed by atoms with van der Waals surface area (Å²) in [6, 6.07) is 11.6. The third-order valence-electron chi connectivity index (χ3n) is 3.33. The van der Waals surface area contributed by atoms with E-state index in [9.17, 15) is 4.79 Å². The second-order valence-electron chi connectivity index (χ2n) is 5.05. The molecule has 1 heterocycles. The second-order valence-corrected chi connectivity index (χ2v) is 6.03. The lowest BCUT2D eigenvalue weighted by molar-refractivity contribution is -0.133. The van der Waals surface area contributed by atoms with Gasteiger partial charge in [-0.25, -0.2) is 0 Å². The van der Waals surface area contributed by atoms with E-state index in [0.717, 1.165) is 16.2 Å². The van der Waals surface area contributed by atoms with Crippen LogP contribution in [0.2, 0.25) is 0 Å². The summed E-state index contributed by atoms with van der Waals surface area (Å²) < 4.78 is 10.8. The van der Waals surface area contributed by atoms with Crippen LogP contribution in [0.25, 0.3) is 0 Å². The molecule has 2 aromatic rings. The van der Waals surface area contributed by atoms with Gasteiger partial charge >= 0.3 is 0 Å². The minimum Gasteiger partial charge on any atom is -0.497 e. The fourth-order valence-corrected chi connectivity index (χ4v) is 2.73. The van der Waals surface area contributed by atoms with Gasteiger partial charge in [-0.1, -0.05) is 18.2 Å². The smallest absolute Gasteiger partial charge is 0.249 e. The molecule has 0 saturated heterocycles. The first kappa shape index (κ1) is 16.5. The van der Waals surface area contributed by atoms with Gasteiger partial charge in [0.2, 0.25) is 5.91 Å². The summed E-state index contributed by atoms with van der Waals surface area (Å²) >= 11 is 1.63. The summed E-state index contributed by atoms with van der Waals surface area (Å²) in [6.07, 6.45) is -0.506. The van der Waals surface area contributed by atoms with E-state index in [4.69, 9.17) is 9.47 Å². The molecule has 1 aromatic carbocycles. The van der Waals surface area contributed by atoms with Gasteiger partial charge in [0.05, 0.1) is 19.8 Å². The predicted octanol–water partition coefficient (Wildman–Crippen LogP) is 3.54. The van der Waals surface area contributed by atoms with Gasteiger partial charge in [0.25, 0.3) is 0 Å². The van der Waals surface area contributed by atoms with Crippen molar-refractivity contribution in [2.75, 3.05) is 7.11 Å². The van der Waals surface area contributed by atoms with Crippen molar-refractivity contribution in [3.05, 3.63) is 52.2 Å². The Labute approximate surface area is 135 Å². The molecule has 0 spiro atoms. The maximum Gasteiger partial charge on any atom is 0.249 e. The standard InChI is InChI=1S/C17H21NO3S/c1-12(16-8-5-9-22-16)18-17(19)13(2)21-11-14-6-4-7-15(10-14)20-3/h4-10,12-13H,11H2,1-3H3,(H,18,19)/t12-,13+/m1/s1. The normalized spacial score (nSPS) is 13.4. The summed E-state index contributed by atoms with van der Waals surface area (Å²) in [7, 11) is 1.63. The average Bonchev–Trinajstić information content (AvgIpc) is 3.07. The number of nitrogens with one attached hydrogen (secondary N) is 1.